The zero-order chi connectivity index (χ0) is 18.4. The predicted octanol–water partition coefficient (Wildman–Crippen LogP) is 3.80. The van der Waals surface area contributed by atoms with Gasteiger partial charge in [-0.15, -0.1) is 0 Å². The van der Waals surface area contributed by atoms with Gasteiger partial charge in [-0.2, -0.15) is 8.42 Å². The second-order valence-corrected chi connectivity index (χ2v) is 7.41. The number of benzene rings is 2. The smallest absolute Gasteiger partial charge is 0.264 e. The highest BCUT2D eigenvalue weighted by Gasteiger charge is 2.25. The van der Waals surface area contributed by atoms with Gasteiger partial charge in [0.2, 0.25) is 5.88 Å². The van der Waals surface area contributed by atoms with Gasteiger partial charge in [0.05, 0.1) is 17.1 Å². The molecule has 0 aromatic heterocycles. The number of allylic oxidation sites excluding steroid dienone is 1. The number of rotatable bonds is 7. The van der Waals surface area contributed by atoms with Gasteiger partial charge in [-0.05, 0) is 37.1 Å². The minimum atomic E-state index is -3.92. The largest absolute Gasteiger partial charge is 0.439 e. The number of para-hydroxylation sites is 3. The van der Waals surface area contributed by atoms with Crippen molar-refractivity contribution in [2.24, 2.45) is 4.99 Å². The molecule has 0 fully saturated rings. The van der Waals surface area contributed by atoms with Crippen LogP contribution in [0.2, 0.25) is 0 Å². The molecule has 0 unspecified atom stereocenters. The number of fused-ring (bicyclic) bond motifs is 1. The molecule has 1 heterocycles. The number of anilines is 1. The minimum absolute atomic E-state index is 0.238. The van der Waals surface area contributed by atoms with E-state index >= 15 is 0 Å². The van der Waals surface area contributed by atoms with Gasteiger partial charge in [0, 0.05) is 18.8 Å². The molecule has 2 aromatic rings. The Morgan fingerprint density at radius 1 is 1.04 bits per heavy atom. The first kappa shape index (κ1) is 18.2. The van der Waals surface area contributed by atoms with Gasteiger partial charge in [-0.3, -0.25) is 9.55 Å². The fraction of sp³-hybridized carbons (Fsp3) is 0.211. The van der Waals surface area contributed by atoms with Crippen LogP contribution >= 0.6 is 0 Å². The Morgan fingerprint density at radius 2 is 1.77 bits per heavy atom. The van der Waals surface area contributed by atoms with Gasteiger partial charge in [-0.1, -0.05) is 30.3 Å². The summed E-state index contributed by atoms with van der Waals surface area (Å²) in [6.07, 6.45) is 4.45. The summed E-state index contributed by atoms with van der Waals surface area (Å²) < 4.78 is 36.4. The van der Waals surface area contributed by atoms with Gasteiger partial charge < -0.3 is 9.64 Å². The Labute approximate surface area is 153 Å². The third kappa shape index (κ3) is 4.93. The normalized spacial score (nSPS) is 15.4. The molecule has 2 aromatic carbocycles. The van der Waals surface area contributed by atoms with Crippen LogP contribution in [0.25, 0.3) is 0 Å². The number of nitrogens with zero attached hydrogens (tertiary/aromatic N) is 2. The Hall–Kier alpha value is -2.64. The van der Waals surface area contributed by atoms with E-state index in [0.29, 0.717) is 25.3 Å². The van der Waals surface area contributed by atoms with Crippen LogP contribution in [0, 0.1) is 0 Å². The fourth-order valence-electron chi connectivity index (χ4n) is 2.66. The molecule has 7 heteroatoms. The van der Waals surface area contributed by atoms with E-state index in [1.807, 2.05) is 59.5 Å². The summed E-state index contributed by atoms with van der Waals surface area (Å²) >= 11 is 0. The molecule has 136 valence electrons. The van der Waals surface area contributed by atoms with Crippen molar-refractivity contribution < 1.29 is 17.7 Å². The van der Waals surface area contributed by atoms with Gasteiger partial charge in [0.15, 0.2) is 5.75 Å². The molecule has 3 rings (SSSR count). The average Bonchev–Trinajstić information content (AvgIpc) is 2.96. The van der Waals surface area contributed by atoms with Gasteiger partial charge >= 0.3 is 0 Å². The number of hydrogen-bond acceptors (Lipinski definition) is 5. The lowest BCUT2D eigenvalue weighted by molar-refractivity contribution is 0.438. The Kier molecular flexibility index (Phi) is 5.70. The van der Waals surface area contributed by atoms with Crippen LogP contribution < -0.4 is 9.64 Å². The van der Waals surface area contributed by atoms with Crippen LogP contribution in [-0.4, -0.2) is 31.5 Å². The van der Waals surface area contributed by atoms with Crippen molar-refractivity contribution in [3.05, 3.63) is 66.6 Å². The topological polar surface area (TPSA) is 79.2 Å². The van der Waals surface area contributed by atoms with Crippen LogP contribution in [0.5, 0.6) is 5.75 Å². The van der Waals surface area contributed by atoms with Crippen molar-refractivity contribution in [1.82, 2.24) is 0 Å². The second-order valence-electron chi connectivity index (χ2n) is 5.83. The molecule has 0 aliphatic carbocycles. The van der Waals surface area contributed by atoms with Crippen molar-refractivity contribution in [3.8, 4) is 5.75 Å². The summed E-state index contributed by atoms with van der Waals surface area (Å²) in [5, 5.41) is 0. The number of hydrogen-bond donors (Lipinski definition) is 1. The molecule has 26 heavy (non-hydrogen) atoms. The van der Waals surface area contributed by atoms with Gasteiger partial charge in [0.1, 0.15) is 0 Å². The molecule has 0 spiro atoms. The highest BCUT2D eigenvalue weighted by molar-refractivity contribution is 7.85. The quantitative estimate of drug-likeness (QED) is 0.454. The van der Waals surface area contributed by atoms with E-state index in [1.165, 1.54) is 0 Å². The summed E-state index contributed by atoms with van der Waals surface area (Å²) in [6.45, 7) is 0.581. The molecular weight excluding hydrogens is 352 g/mol. The standard InChI is InChI=1S/C19H20N2O4S/c22-26(23,24)15-7-6-14-21-17-10-4-5-11-18(17)25-19(21)12-13-20-16-8-2-1-3-9-16/h1-5,8-13H,6-7,14-15H2,(H,22,23,24)/b19-12+,20-13?. The molecule has 0 bridgehead atoms. The van der Waals surface area contributed by atoms with E-state index in [1.54, 1.807) is 12.3 Å². The third-order valence-electron chi connectivity index (χ3n) is 3.87. The summed E-state index contributed by atoms with van der Waals surface area (Å²) in [4.78, 5) is 6.36. The van der Waals surface area contributed by atoms with Crippen LogP contribution in [0.4, 0.5) is 11.4 Å². The van der Waals surface area contributed by atoms with Crippen LogP contribution in [0.3, 0.4) is 0 Å². The molecule has 0 atom stereocenters. The maximum Gasteiger partial charge on any atom is 0.264 e. The van der Waals surface area contributed by atoms with Gasteiger partial charge in [-0.25, -0.2) is 0 Å². The molecule has 0 radical (unpaired) electrons. The Morgan fingerprint density at radius 3 is 2.54 bits per heavy atom. The van der Waals surface area contributed by atoms with Crippen LogP contribution in [0.1, 0.15) is 12.8 Å². The van der Waals surface area contributed by atoms with E-state index in [0.717, 1.165) is 17.1 Å². The molecule has 0 saturated heterocycles. The molecule has 1 aliphatic heterocycles. The third-order valence-corrected chi connectivity index (χ3v) is 4.67. The minimum Gasteiger partial charge on any atom is -0.439 e. The van der Waals surface area contributed by atoms with Crippen molar-refractivity contribution >= 4 is 27.7 Å². The maximum absolute atomic E-state index is 10.9. The molecule has 1 N–H and O–H groups in total. The number of unbranched alkanes of at least 4 members (excludes halogenated alkanes) is 1. The first-order valence-electron chi connectivity index (χ1n) is 8.32. The summed E-state index contributed by atoms with van der Waals surface area (Å²) in [5.74, 6) is 1.15. The second kappa shape index (κ2) is 8.16. The monoisotopic (exact) mass is 372 g/mol. The highest BCUT2D eigenvalue weighted by Crippen LogP contribution is 2.38. The first-order valence-corrected chi connectivity index (χ1v) is 9.93. The maximum atomic E-state index is 10.9. The van der Waals surface area contributed by atoms with E-state index in [-0.39, 0.29) is 5.75 Å². The zero-order valence-corrected chi connectivity index (χ0v) is 15.0. The summed E-state index contributed by atoms with van der Waals surface area (Å²) in [6, 6.07) is 17.3. The number of ether oxygens (including phenoxy) is 1. The fourth-order valence-corrected chi connectivity index (χ4v) is 3.23. The lowest BCUT2D eigenvalue weighted by Crippen LogP contribution is -2.22. The highest BCUT2D eigenvalue weighted by atomic mass is 32.2. The van der Waals surface area contributed by atoms with Gasteiger partial charge in [0.25, 0.3) is 10.1 Å². The molecule has 6 nitrogen and oxygen atoms in total. The van der Waals surface area contributed by atoms with Crippen molar-refractivity contribution in [2.75, 3.05) is 17.2 Å². The molecule has 0 saturated carbocycles. The lowest BCUT2D eigenvalue weighted by Gasteiger charge is -2.17. The van der Waals surface area contributed by atoms with E-state index in [2.05, 4.69) is 4.99 Å². The summed E-state index contributed by atoms with van der Waals surface area (Å²) in [7, 11) is -3.92. The Bertz CT molecular complexity index is 908. The summed E-state index contributed by atoms with van der Waals surface area (Å²) in [5.41, 5.74) is 1.78. The predicted molar refractivity (Wildman–Crippen MR) is 103 cm³/mol. The molecule has 0 amide bonds. The first-order chi connectivity index (χ1) is 12.5. The van der Waals surface area contributed by atoms with Crippen molar-refractivity contribution in [2.45, 2.75) is 12.8 Å². The molecular formula is C19H20N2O4S. The van der Waals surface area contributed by atoms with Crippen LogP contribution in [0.15, 0.2) is 71.5 Å². The molecule has 1 aliphatic rings. The van der Waals surface area contributed by atoms with Crippen molar-refractivity contribution in [1.29, 1.82) is 0 Å². The van der Waals surface area contributed by atoms with Crippen molar-refractivity contribution in [3.63, 3.8) is 0 Å². The zero-order valence-electron chi connectivity index (χ0n) is 14.2. The van der Waals surface area contributed by atoms with E-state index < -0.39 is 10.1 Å². The van der Waals surface area contributed by atoms with E-state index in [4.69, 9.17) is 9.29 Å². The van der Waals surface area contributed by atoms with Crippen LogP contribution in [-0.2, 0) is 10.1 Å². The van der Waals surface area contributed by atoms with E-state index in [9.17, 15) is 8.42 Å². The SMILES string of the molecule is O=S(=O)(O)CCCCN1/C(=C\C=Nc2ccccc2)Oc2ccccc21. The Balaban J connectivity index is 1.71. The lowest BCUT2D eigenvalue weighted by atomic mass is 10.2. The average molecular weight is 372 g/mol. The number of aliphatic imine (C=N–C) groups is 1.